The van der Waals surface area contributed by atoms with Crippen molar-refractivity contribution in [2.45, 2.75) is 19.1 Å². The smallest absolute Gasteiger partial charge is 0.165 e. The van der Waals surface area contributed by atoms with Gasteiger partial charge < -0.3 is 9.47 Å². The van der Waals surface area contributed by atoms with Crippen LogP contribution in [0.25, 0.3) is 0 Å². The number of ether oxygens (including phenoxy) is 2. The molecule has 1 aromatic carbocycles. The van der Waals surface area contributed by atoms with Gasteiger partial charge in [0.25, 0.3) is 0 Å². The molecule has 0 radical (unpaired) electrons. The Kier molecular flexibility index (Phi) is 1.96. The summed E-state index contributed by atoms with van der Waals surface area (Å²) < 4.78 is 23.2. The molecule has 2 nitrogen and oxygen atoms in total. The molecule has 1 fully saturated rings. The number of epoxide rings is 1. The highest BCUT2D eigenvalue weighted by Crippen LogP contribution is 2.39. The first kappa shape index (κ1) is 8.51. The SMILES string of the molecule is COc1ccc(C2OC2C)cc1F. The van der Waals surface area contributed by atoms with Gasteiger partial charge in [-0.05, 0) is 24.6 Å². The van der Waals surface area contributed by atoms with Gasteiger partial charge in [0, 0.05) is 0 Å². The van der Waals surface area contributed by atoms with Crippen LogP contribution in [0.1, 0.15) is 18.6 Å². The number of methoxy groups -OCH3 is 1. The van der Waals surface area contributed by atoms with Crippen LogP contribution in [0.3, 0.4) is 0 Å². The predicted octanol–water partition coefficient (Wildman–Crippen LogP) is 2.29. The lowest BCUT2D eigenvalue weighted by Gasteiger charge is -2.02. The Labute approximate surface area is 76.3 Å². The second kappa shape index (κ2) is 3.00. The van der Waals surface area contributed by atoms with E-state index >= 15 is 0 Å². The van der Waals surface area contributed by atoms with Gasteiger partial charge in [-0.1, -0.05) is 6.07 Å². The second-order valence-corrected chi connectivity index (χ2v) is 3.16. The van der Waals surface area contributed by atoms with Crippen molar-refractivity contribution in [1.29, 1.82) is 0 Å². The third kappa shape index (κ3) is 1.52. The summed E-state index contributed by atoms with van der Waals surface area (Å²) >= 11 is 0. The fourth-order valence-electron chi connectivity index (χ4n) is 1.40. The monoisotopic (exact) mass is 182 g/mol. The molecule has 0 spiro atoms. The summed E-state index contributed by atoms with van der Waals surface area (Å²) in [5.41, 5.74) is 0.880. The summed E-state index contributed by atoms with van der Waals surface area (Å²) in [6, 6.07) is 4.92. The molecule has 2 rings (SSSR count). The molecule has 1 heterocycles. The summed E-state index contributed by atoms with van der Waals surface area (Å²) in [6.45, 7) is 1.97. The quantitative estimate of drug-likeness (QED) is 0.654. The first-order chi connectivity index (χ1) is 6.22. The van der Waals surface area contributed by atoms with Gasteiger partial charge in [0.15, 0.2) is 11.6 Å². The molecule has 2 unspecified atom stereocenters. The van der Waals surface area contributed by atoms with Crippen molar-refractivity contribution in [3.63, 3.8) is 0 Å². The van der Waals surface area contributed by atoms with Crippen molar-refractivity contribution >= 4 is 0 Å². The van der Waals surface area contributed by atoms with Crippen LogP contribution < -0.4 is 4.74 Å². The summed E-state index contributed by atoms with van der Waals surface area (Å²) in [6.07, 6.45) is 0.285. The average molecular weight is 182 g/mol. The molecule has 0 saturated carbocycles. The van der Waals surface area contributed by atoms with E-state index in [4.69, 9.17) is 9.47 Å². The van der Waals surface area contributed by atoms with E-state index in [1.165, 1.54) is 13.2 Å². The van der Waals surface area contributed by atoms with Crippen LogP contribution in [0.4, 0.5) is 4.39 Å². The van der Waals surface area contributed by atoms with Gasteiger partial charge in [0.2, 0.25) is 0 Å². The molecule has 0 amide bonds. The summed E-state index contributed by atoms with van der Waals surface area (Å²) in [5, 5.41) is 0. The van der Waals surface area contributed by atoms with Crippen molar-refractivity contribution in [1.82, 2.24) is 0 Å². The van der Waals surface area contributed by atoms with Gasteiger partial charge >= 0.3 is 0 Å². The van der Waals surface area contributed by atoms with Crippen molar-refractivity contribution in [3.05, 3.63) is 29.6 Å². The average Bonchev–Trinajstić information content (AvgIpc) is 2.82. The number of hydrogen-bond acceptors (Lipinski definition) is 2. The fraction of sp³-hybridized carbons (Fsp3) is 0.400. The molecule has 1 aromatic rings. The minimum absolute atomic E-state index is 0.0698. The van der Waals surface area contributed by atoms with Gasteiger partial charge in [-0.3, -0.25) is 0 Å². The number of benzene rings is 1. The number of hydrogen-bond donors (Lipinski definition) is 0. The van der Waals surface area contributed by atoms with Crippen molar-refractivity contribution in [2.24, 2.45) is 0 Å². The Bertz CT molecular complexity index is 325. The zero-order valence-corrected chi connectivity index (χ0v) is 7.58. The molecule has 2 atom stereocenters. The maximum Gasteiger partial charge on any atom is 0.165 e. The van der Waals surface area contributed by atoms with Crippen LogP contribution in [0, 0.1) is 5.82 Å². The Morgan fingerprint density at radius 1 is 1.46 bits per heavy atom. The first-order valence-electron chi connectivity index (χ1n) is 4.21. The highest BCUT2D eigenvalue weighted by Gasteiger charge is 2.35. The van der Waals surface area contributed by atoms with Crippen LogP contribution in [0.5, 0.6) is 5.75 Å². The third-order valence-electron chi connectivity index (χ3n) is 2.22. The van der Waals surface area contributed by atoms with E-state index in [2.05, 4.69) is 0 Å². The highest BCUT2D eigenvalue weighted by molar-refractivity contribution is 5.32. The maximum absolute atomic E-state index is 13.2. The van der Waals surface area contributed by atoms with Crippen molar-refractivity contribution in [2.75, 3.05) is 7.11 Å². The van der Waals surface area contributed by atoms with Gasteiger partial charge in [-0.15, -0.1) is 0 Å². The van der Waals surface area contributed by atoms with E-state index in [0.29, 0.717) is 0 Å². The number of rotatable bonds is 2. The summed E-state index contributed by atoms with van der Waals surface area (Å²) in [7, 11) is 1.45. The third-order valence-corrected chi connectivity index (χ3v) is 2.22. The Morgan fingerprint density at radius 2 is 2.15 bits per heavy atom. The van der Waals surface area contributed by atoms with Gasteiger partial charge in [0.1, 0.15) is 6.10 Å². The molecular weight excluding hydrogens is 171 g/mol. The van der Waals surface area contributed by atoms with Gasteiger partial charge in [0.05, 0.1) is 13.2 Å². The molecule has 1 aliphatic heterocycles. The van der Waals surface area contributed by atoms with Crippen LogP contribution in [0.2, 0.25) is 0 Å². The lowest BCUT2D eigenvalue weighted by atomic mass is 10.1. The topological polar surface area (TPSA) is 21.8 Å². The van der Waals surface area contributed by atoms with Gasteiger partial charge in [-0.25, -0.2) is 4.39 Å². The van der Waals surface area contributed by atoms with Crippen LogP contribution in [-0.2, 0) is 4.74 Å². The first-order valence-corrected chi connectivity index (χ1v) is 4.21. The van der Waals surface area contributed by atoms with Crippen LogP contribution in [-0.4, -0.2) is 13.2 Å². The highest BCUT2D eigenvalue weighted by atomic mass is 19.1. The lowest BCUT2D eigenvalue weighted by molar-refractivity contribution is 0.376. The van der Waals surface area contributed by atoms with E-state index in [1.54, 1.807) is 6.07 Å². The normalized spacial score (nSPS) is 25.8. The maximum atomic E-state index is 13.2. The van der Waals surface area contributed by atoms with E-state index < -0.39 is 0 Å². The summed E-state index contributed by atoms with van der Waals surface area (Å²) in [5.74, 6) is -0.0558. The second-order valence-electron chi connectivity index (χ2n) is 3.16. The zero-order valence-electron chi connectivity index (χ0n) is 7.58. The predicted molar refractivity (Wildman–Crippen MR) is 46.2 cm³/mol. The minimum atomic E-state index is -0.331. The molecule has 0 bridgehead atoms. The van der Waals surface area contributed by atoms with E-state index in [0.717, 1.165) is 5.56 Å². The molecule has 1 saturated heterocycles. The molecule has 13 heavy (non-hydrogen) atoms. The standard InChI is InChI=1S/C10H11FO2/c1-6-10(13-6)7-3-4-9(12-2)8(11)5-7/h3-6,10H,1-2H3. The Morgan fingerprint density at radius 3 is 2.62 bits per heavy atom. The summed E-state index contributed by atoms with van der Waals surface area (Å²) in [4.78, 5) is 0. The molecule has 0 aliphatic carbocycles. The molecule has 0 aromatic heterocycles. The number of halogens is 1. The van der Waals surface area contributed by atoms with Gasteiger partial charge in [-0.2, -0.15) is 0 Å². The lowest BCUT2D eigenvalue weighted by Crippen LogP contribution is -1.90. The Balaban J connectivity index is 2.25. The molecule has 0 N–H and O–H groups in total. The molecule has 70 valence electrons. The molecular formula is C10H11FO2. The zero-order chi connectivity index (χ0) is 9.42. The van der Waals surface area contributed by atoms with Crippen molar-refractivity contribution < 1.29 is 13.9 Å². The molecule has 3 heteroatoms. The van der Waals surface area contributed by atoms with E-state index in [1.807, 2.05) is 13.0 Å². The largest absolute Gasteiger partial charge is 0.494 e. The van der Waals surface area contributed by atoms with Crippen molar-refractivity contribution in [3.8, 4) is 5.75 Å². The minimum Gasteiger partial charge on any atom is -0.494 e. The van der Waals surface area contributed by atoms with E-state index in [-0.39, 0.29) is 23.8 Å². The molecule has 1 aliphatic rings. The van der Waals surface area contributed by atoms with Crippen LogP contribution in [0.15, 0.2) is 18.2 Å². The van der Waals surface area contributed by atoms with E-state index in [9.17, 15) is 4.39 Å². The Hall–Kier alpha value is -1.09. The fourth-order valence-corrected chi connectivity index (χ4v) is 1.40. The van der Waals surface area contributed by atoms with Crippen LogP contribution >= 0.6 is 0 Å².